The Labute approximate surface area is 104 Å². The molecule has 3 nitrogen and oxygen atoms in total. The lowest BCUT2D eigenvalue weighted by atomic mass is 10.1. The van der Waals surface area contributed by atoms with Crippen molar-refractivity contribution >= 4 is 21.9 Å². The topological polar surface area (TPSA) is 35.5 Å². The van der Waals surface area contributed by atoms with E-state index in [-0.39, 0.29) is 12.6 Å². The fraction of sp³-hybridized carbons (Fsp3) is 0.417. The van der Waals surface area contributed by atoms with Crippen LogP contribution in [0.4, 0.5) is 0 Å². The molecule has 0 aliphatic carbocycles. The van der Waals surface area contributed by atoms with Crippen LogP contribution in [0.2, 0.25) is 0 Å². The molecular weight excluding hydrogens is 272 g/mol. The van der Waals surface area contributed by atoms with Crippen LogP contribution in [0.3, 0.4) is 0 Å². The summed E-state index contributed by atoms with van der Waals surface area (Å²) >= 11 is 3.40. The molecule has 88 valence electrons. The van der Waals surface area contributed by atoms with E-state index in [9.17, 15) is 4.79 Å². The summed E-state index contributed by atoms with van der Waals surface area (Å²) in [7, 11) is 1.34. The van der Waals surface area contributed by atoms with E-state index in [1.165, 1.54) is 12.7 Å². The summed E-state index contributed by atoms with van der Waals surface area (Å²) in [4.78, 5) is 10.9. The first-order chi connectivity index (χ1) is 7.67. The van der Waals surface area contributed by atoms with E-state index >= 15 is 0 Å². The monoisotopic (exact) mass is 286 g/mol. The molecule has 0 fully saturated rings. The highest BCUT2D eigenvalue weighted by atomic mass is 79.9. The Balaban J connectivity index is 2.64. The van der Waals surface area contributed by atoms with Crippen LogP contribution in [-0.4, -0.2) is 25.0 Å². The second-order valence-electron chi connectivity index (χ2n) is 3.40. The minimum absolute atomic E-state index is 0.0465. The van der Waals surface area contributed by atoms with Crippen molar-refractivity contribution in [2.75, 3.05) is 19.0 Å². The normalized spacial score (nSPS) is 9.94. The zero-order chi connectivity index (χ0) is 12.0. The van der Waals surface area contributed by atoms with Crippen molar-refractivity contribution in [3.05, 3.63) is 29.3 Å². The second-order valence-corrected chi connectivity index (χ2v) is 4.20. The Kier molecular flexibility index (Phi) is 5.32. The molecule has 0 saturated carbocycles. The van der Waals surface area contributed by atoms with Gasteiger partial charge in [0, 0.05) is 5.33 Å². The standard InChI is InChI=1S/C12H15BrO3/c1-9-7-10(5-6-13)3-4-11(9)16-8-12(14)15-2/h3-4,7H,5-6,8H2,1-2H3. The maximum Gasteiger partial charge on any atom is 0.343 e. The maximum absolute atomic E-state index is 10.9. The molecule has 4 heteroatoms. The van der Waals surface area contributed by atoms with E-state index < -0.39 is 0 Å². The largest absolute Gasteiger partial charge is 0.482 e. The number of esters is 1. The fourth-order valence-electron chi connectivity index (χ4n) is 1.33. The van der Waals surface area contributed by atoms with Gasteiger partial charge in [-0.25, -0.2) is 4.79 Å². The highest BCUT2D eigenvalue weighted by molar-refractivity contribution is 9.09. The summed E-state index contributed by atoms with van der Waals surface area (Å²) in [5, 5.41) is 0.939. The number of alkyl halides is 1. The minimum Gasteiger partial charge on any atom is -0.482 e. The molecule has 0 atom stereocenters. The lowest BCUT2D eigenvalue weighted by molar-refractivity contribution is -0.142. The van der Waals surface area contributed by atoms with Crippen molar-refractivity contribution in [2.24, 2.45) is 0 Å². The molecule has 16 heavy (non-hydrogen) atoms. The molecule has 0 radical (unpaired) electrons. The van der Waals surface area contributed by atoms with Gasteiger partial charge in [0.1, 0.15) is 5.75 Å². The molecular formula is C12H15BrO3. The maximum atomic E-state index is 10.9. The van der Waals surface area contributed by atoms with Gasteiger partial charge >= 0.3 is 5.97 Å². The molecule has 1 rings (SSSR count). The zero-order valence-corrected chi connectivity index (χ0v) is 11.0. The van der Waals surface area contributed by atoms with Gasteiger partial charge in [0.2, 0.25) is 0 Å². The fourth-order valence-corrected chi connectivity index (χ4v) is 1.79. The third-order valence-electron chi connectivity index (χ3n) is 2.20. The lowest BCUT2D eigenvalue weighted by Crippen LogP contribution is -2.13. The molecule has 1 aromatic rings. The number of benzene rings is 1. The molecule has 0 aliphatic heterocycles. The average molecular weight is 287 g/mol. The third-order valence-corrected chi connectivity index (χ3v) is 2.59. The quantitative estimate of drug-likeness (QED) is 0.616. The van der Waals surface area contributed by atoms with Crippen LogP contribution < -0.4 is 4.74 Å². The van der Waals surface area contributed by atoms with Crippen LogP contribution in [0.5, 0.6) is 5.75 Å². The van der Waals surface area contributed by atoms with Crippen molar-refractivity contribution in [3.8, 4) is 5.75 Å². The molecule has 0 saturated heterocycles. The van der Waals surface area contributed by atoms with Crippen molar-refractivity contribution < 1.29 is 14.3 Å². The van der Waals surface area contributed by atoms with Gasteiger partial charge in [0.15, 0.2) is 6.61 Å². The first-order valence-corrected chi connectivity index (χ1v) is 6.14. The number of aryl methyl sites for hydroxylation is 2. The number of hydrogen-bond acceptors (Lipinski definition) is 3. The van der Waals surface area contributed by atoms with Gasteiger partial charge in [-0.05, 0) is 30.5 Å². The zero-order valence-electron chi connectivity index (χ0n) is 9.46. The first-order valence-electron chi connectivity index (χ1n) is 5.02. The third kappa shape index (κ3) is 3.85. The average Bonchev–Trinajstić information content (AvgIpc) is 2.28. The lowest BCUT2D eigenvalue weighted by Gasteiger charge is -2.09. The van der Waals surface area contributed by atoms with E-state index in [0.717, 1.165) is 23.1 Å². The first kappa shape index (κ1) is 13.0. The summed E-state index contributed by atoms with van der Waals surface area (Å²) < 4.78 is 9.84. The number of rotatable bonds is 5. The molecule has 0 aromatic heterocycles. The van der Waals surface area contributed by atoms with E-state index in [2.05, 4.69) is 26.7 Å². The van der Waals surface area contributed by atoms with E-state index in [4.69, 9.17) is 4.74 Å². The number of halogens is 1. The predicted octanol–water partition coefficient (Wildman–Crippen LogP) is 2.48. The molecule has 1 aromatic carbocycles. The van der Waals surface area contributed by atoms with Crippen molar-refractivity contribution in [3.63, 3.8) is 0 Å². The Morgan fingerprint density at radius 1 is 1.44 bits per heavy atom. The van der Waals surface area contributed by atoms with Gasteiger partial charge in [0.25, 0.3) is 0 Å². The SMILES string of the molecule is COC(=O)COc1ccc(CCBr)cc1C. The predicted molar refractivity (Wildman–Crippen MR) is 66.2 cm³/mol. The van der Waals surface area contributed by atoms with Crippen LogP contribution >= 0.6 is 15.9 Å². The van der Waals surface area contributed by atoms with E-state index in [0.29, 0.717) is 0 Å². The van der Waals surface area contributed by atoms with Gasteiger partial charge in [-0.2, -0.15) is 0 Å². The summed E-state index contributed by atoms with van der Waals surface area (Å²) in [6.45, 7) is 1.92. The summed E-state index contributed by atoms with van der Waals surface area (Å²) in [5.74, 6) is 0.354. The van der Waals surface area contributed by atoms with E-state index in [1.54, 1.807) is 0 Å². The second kappa shape index (κ2) is 6.53. The summed E-state index contributed by atoms with van der Waals surface area (Å²) in [5.41, 5.74) is 2.28. The summed E-state index contributed by atoms with van der Waals surface area (Å²) in [6.07, 6.45) is 0.984. The molecule has 0 bridgehead atoms. The number of carbonyl (C=O) groups is 1. The Morgan fingerprint density at radius 2 is 2.19 bits per heavy atom. The van der Waals surface area contributed by atoms with Crippen molar-refractivity contribution in [1.82, 2.24) is 0 Å². The Morgan fingerprint density at radius 3 is 2.75 bits per heavy atom. The molecule has 0 aliphatic rings. The number of hydrogen-bond donors (Lipinski definition) is 0. The Hall–Kier alpha value is -1.03. The molecule has 0 N–H and O–H groups in total. The van der Waals surface area contributed by atoms with Gasteiger partial charge in [-0.1, -0.05) is 28.1 Å². The Bertz CT molecular complexity index is 363. The summed E-state index contributed by atoms with van der Waals surface area (Å²) in [6, 6.07) is 5.95. The highest BCUT2D eigenvalue weighted by Gasteiger charge is 2.04. The highest BCUT2D eigenvalue weighted by Crippen LogP contribution is 2.19. The van der Waals surface area contributed by atoms with Gasteiger partial charge in [-0.15, -0.1) is 0 Å². The molecule has 0 amide bonds. The van der Waals surface area contributed by atoms with Crippen LogP contribution in [0.25, 0.3) is 0 Å². The van der Waals surface area contributed by atoms with E-state index in [1.807, 2.05) is 19.1 Å². The van der Waals surface area contributed by atoms with Crippen molar-refractivity contribution in [2.45, 2.75) is 13.3 Å². The van der Waals surface area contributed by atoms with Crippen LogP contribution in [-0.2, 0) is 16.0 Å². The molecule has 0 spiro atoms. The van der Waals surface area contributed by atoms with Crippen LogP contribution in [0.1, 0.15) is 11.1 Å². The molecule has 0 unspecified atom stereocenters. The molecule has 0 heterocycles. The van der Waals surface area contributed by atoms with Crippen LogP contribution in [0.15, 0.2) is 18.2 Å². The van der Waals surface area contributed by atoms with Gasteiger partial charge < -0.3 is 9.47 Å². The minimum atomic E-state index is -0.371. The van der Waals surface area contributed by atoms with Gasteiger partial charge in [0.05, 0.1) is 7.11 Å². The number of methoxy groups -OCH3 is 1. The number of ether oxygens (including phenoxy) is 2. The van der Waals surface area contributed by atoms with Crippen LogP contribution in [0, 0.1) is 6.92 Å². The van der Waals surface area contributed by atoms with Gasteiger partial charge in [-0.3, -0.25) is 0 Å². The van der Waals surface area contributed by atoms with Crippen molar-refractivity contribution in [1.29, 1.82) is 0 Å². The number of carbonyl (C=O) groups excluding carboxylic acids is 1. The smallest absolute Gasteiger partial charge is 0.343 e.